The summed E-state index contributed by atoms with van der Waals surface area (Å²) in [6.07, 6.45) is 0. The van der Waals surface area contributed by atoms with Crippen LogP contribution in [-0.4, -0.2) is 64.6 Å². The summed E-state index contributed by atoms with van der Waals surface area (Å²) in [5.74, 6) is 1.55. The molecule has 1 aliphatic rings. The van der Waals surface area contributed by atoms with Gasteiger partial charge in [-0.2, -0.15) is 0 Å². The first kappa shape index (κ1) is 20.5. The van der Waals surface area contributed by atoms with Crippen molar-refractivity contribution in [2.24, 2.45) is 0 Å². The number of piperazine rings is 1. The van der Waals surface area contributed by atoms with Gasteiger partial charge in [0.15, 0.2) is 11.5 Å². The monoisotopic (exact) mass is 420 g/mol. The molecule has 4 rings (SSSR count). The number of carbonyl (C=O) groups excluding carboxylic acids is 2. The Morgan fingerprint density at radius 2 is 1.77 bits per heavy atom. The molecule has 0 unspecified atom stereocenters. The summed E-state index contributed by atoms with van der Waals surface area (Å²) in [7, 11) is 0. The molecule has 0 atom stereocenters. The quantitative estimate of drug-likeness (QED) is 0.671. The topological polar surface area (TPSA) is 104 Å². The number of amides is 2. The highest BCUT2D eigenvalue weighted by molar-refractivity contribution is 5.95. The van der Waals surface area contributed by atoms with Crippen molar-refractivity contribution in [3.05, 3.63) is 59.7 Å². The van der Waals surface area contributed by atoms with Gasteiger partial charge >= 0.3 is 0 Å². The molecule has 160 valence electrons. The summed E-state index contributed by atoms with van der Waals surface area (Å²) in [6, 6.07) is 12.9. The number of benzene rings is 1. The number of hydrogen-bond acceptors (Lipinski definition) is 7. The van der Waals surface area contributed by atoms with E-state index in [1.807, 2.05) is 50.2 Å². The molecule has 0 spiro atoms. The van der Waals surface area contributed by atoms with Crippen LogP contribution in [0.15, 0.2) is 47.0 Å². The molecule has 1 N–H and O–H groups in total. The van der Waals surface area contributed by atoms with Crippen molar-refractivity contribution in [3.63, 3.8) is 0 Å². The van der Waals surface area contributed by atoms with Crippen LogP contribution in [0.25, 0.3) is 11.3 Å². The fraction of sp³-hybridized carbons (Fsp3) is 0.318. The molecule has 9 heteroatoms. The Morgan fingerprint density at radius 3 is 2.48 bits per heavy atom. The largest absolute Gasteiger partial charge is 0.355 e. The van der Waals surface area contributed by atoms with Crippen LogP contribution in [0, 0.1) is 13.8 Å². The molecule has 3 heterocycles. The summed E-state index contributed by atoms with van der Waals surface area (Å²) in [5.41, 5.74) is 1.90. The lowest BCUT2D eigenvalue weighted by Crippen LogP contribution is -2.51. The van der Waals surface area contributed by atoms with E-state index >= 15 is 0 Å². The Bertz CT molecular complexity index is 1050. The van der Waals surface area contributed by atoms with E-state index < -0.39 is 5.91 Å². The third-order valence-electron chi connectivity index (χ3n) is 5.11. The van der Waals surface area contributed by atoms with Gasteiger partial charge in [-0.15, -0.1) is 0 Å². The summed E-state index contributed by atoms with van der Waals surface area (Å²) in [4.78, 5) is 37.6. The zero-order valence-corrected chi connectivity index (χ0v) is 17.5. The summed E-state index contributed by atoms with van der Waals surface area (Å²) < 4.78 is 5.24. The van der Waals surface area contributed by atoms with E-state index in [1.165, 1.54) is 0 Å². The van der Waals surface area contributed by atoms with Gasteiger partial charge < -0.3 is 19.6 Å². The summed E-state index contributed by atoms with van der Waals surface area (Å²) in [5, 5.41) is 6.44. The van der Waals surface area contributed by atoms with Crippen molar-refractivity contribution in [1.82, 2.24) is 25.3 Å². The molecular weight excluding hydrogens is 396 g/mol. The van der Waals surface area contributed by atoms with Gasteiger partial charge in [-0.25, -0.2) is 9.97 Å². The minimum absolute atomic E-state index is 0.0852. The van der Waals surface area contributed by atoms with Crippen LogP contribution in [0.4, 0.5) is 5.82 Å². The lowest BCUT2D eigenvalue weighted by atomic mass is 10.1. The number of anilines is 1. The molecule has 0 radical (unpaired) electrons. The van der Waals surface area contributed by atoms with Gasteiger partial charge in [0, 0.05) is 49.6 Å². The smallest absolute Gasteiger partial charge is 0.273 e. The Balaban J connectivity index is 1.28. The maximum Gasteiger partial charge on any atom is 0.273 e. The van der Waals surface area contributed by atoms with Gasteiger partial charge in [0.2, 0.25) is 5.91 Å². The molecule has 2 aromatic heterocycles. The number of rotatable bonds is 5. The first-order chi connectivity index (χ1) is 15.0. The molecule has 9 nitrogen and oxygen atoms in total. The minimum Gasteiger partial charge on any atom is -0.355 e. The van der Waals surface area contributed by atoms with E-state index in [1.54, 1.807) is 11.0 Å². The predicted octanol–water partition coefficient (Wildman–Crippen LogP) is 1.83. The van der Waals surface area contributed by atoms with Gasteiger partial charge in [0.1, 0.15) is 11.6 Å². The van der Waals surface area contributed by atoms with Crippen LogP contribution >= 0.6 is 0 Å². The molecule has 31 heavy (non-hydrogen) atoms. The van der Waals surface area contributed by atoms with Gasteiger partial charge in [0.25, 0.3) is 5.91 Å². The average molecular weight is 420 g/mol. The predicted molar refractivity (Wildman–Crippen MR) is 115 cm³/mol. The van der Waals surface area contributed by atoms with Crippen molar-refractivity contribution in [2.45, 2.75) is 13.8 Å². The number of carbonyl (C=O) groups is 2. The van der Waals surface area contributed by atoms with Gasteiger partial charge in [-0.05, 0) is 13.8 Å². The third-order valence-corrected chi connectivity index (χ3v) is 5.11. The van der Waals surface area contributed by atoms with Gasteiger partial charge in [-0.1, -0.05) is 35.5 Å². The lowest BCUT2D eigenvalue weighted by Gasteiger charge is -2.35. The Morgan fingerprint density at radius 1 is 1.03 bits per heavy atom. The van der Waals surface area contributed by atoms with Crippen LogP contribution in [0.1, 0.15) is 22.0 Å². The number of aromatic nitrogens is 3. The van der Waals surface area contributed by atoms with E-state index in [4.69, 9.17) is 4.52 Å². The molecule has 0 aliphatic carbocycles. The Hall–Kier alpha value is -3.75. The van der Waals surface area contributed by atoms with Crippen LogP contribution in [-0.2, 0) is 4.79 Å². The third kappa shape index (κ3) is 4.88. The molecule has 2 amide bonds. The van der Waals surface area contributed by atoms with Crippen molar-refractivity contribution >= 4 is 17.6 Å². The Labute approximate surface area is 180 Å². The molecule has 3 aromatic rings. The highest BCUT2D eigenvalue weighted by Gasteiger charge is 2.23. The second-order valence-corrected chi connectivity index (χ2v) is 7.41. The van der Waals surface area contributed by atoms with Crippen molar-refractivity contribution in [1.29, 1.82) is 0 Å². The van der Waals surface area contributed by atoms with E-state index in [0.717, 1.165) is 22.9 Å². The van der Waals surface area contributed by atoms with Crippen LogP contribution in [0.3, 0.4) is 0 Å². The SMILES string of the molecule is Cc1cc(N2CCN(C(=O)CNC(=O)c3cc(-c4ccccc4)on3)CC2)nc(C)n1. The molecule has 0 saturated carbocycles. The van der Waals surface area contributed by atoms with E-state index in [0.29, 0.717) is 31.9 Å². The fourth-order valence-corrected chi connectivity index (χ4v) is 3.52. The second kappa shape index (κ2) is 8.95. The number of aryl methyl sites for hydroxylation is 2. The molecular formula is C22H24N6O3. The number of nitrogens with one attached hydrogen (secondary N) is 1. The van der Waals surface area contributed by atoms with Gasteiger partial charge in [-0.3, -0.25) is 9.59 Å². The van der Waals surface area contributed by atoms with Crippen LogP contribution in [0.5, 0.6) is 0 Å². The standard InChI is InChI=1S/C22H24N6O3/c1-15-12-20(25-16(2)24-15)27-8-10-28(11-9-27)21(29)14-23-22(30)18-13-19(31-26-18)17-6-4-3-5-7-17/h3-7,12-13H,8-11,14H2,1-2H3,(H,23,30). The van der Waals surface area contributed by atoms with E-state index in [2.05, 4.69) is 25.3 Å². The fourth-order valence-electron chi connectivity index (χ4n) is 3.52. The van der Waals surface area contributed by atoms with Crippen LogP contribution < -0.4 is 10.2 Å². The van der Waals surface area contributed by atoms with E-state index in [9.17, 15) is 9.59 Å². The van der Waals surface area contributed by atoms with Crippen molar-refractivity contribution < 1.29 is 14.1 Å². The normalized spacial score (nSPS) is 13.9. The second-order valence-electron chi connectivity index (χ2n) is 7.41. The maximum absolute atomic E-state index is 12.5. The molecule has 0 bridgehead atoms. The van der Waals surface area contributed by atoms with Gasteiger partial charge in [0.05, 0.1) is 6.54 Å². The molecule has 1 saturated heterocycles. The zero-order valence-electron chi connectivity index (χ0n) is 17.5. The first-order valence-corrected chi connectivity index (χ1v) is 10.1. The lowest BCUT2D eigenvalue weighted by molar-refractivity contribution is -0.130. The number of nitrogens with zero attached hydrogens (tertiary/aromatic N) is 5. The molecule has 1 fully saturated rings. The first-order valence-electron chi connectivity index (χ1n) is 10.1. The minimum atomic E-state index is -0.440. The highest BCUT2D eigenvalue weighted by Crippen LogP contribution is 2.19. The van der Waals surface area contributed by atoms with Crippen LogP contribution in [0.2, 0.25) is 0 Å². The highest BCUT2D eigenvalue weighted by atomic mass is 16.5. The summed E-state index contributed by atoms with van der Waals surface area (Å²) in [6.45, 7) is 6.23. The maximum atomic E-state index is 12.5. The van der Waals surface area contributed by atoms with E-state index in [-0.39, 0.29) is 18.1 Å². The molecule has 1 aliphatic heterocycles. The Kier molecular flexibility index (Phi) is 5.92. The van der Waals surface area contributed by atoms with Crippen molar-refractivity contribution in [2.75, 3.05) is 37.6 Å². The molecule has 1 aromatic carbocycles. The summed E-state index contributed by atoms with van der Waals surface area (Å²) >= 11 is 0. The number of hydrogen-bond donors (Lipinski definition) is 1. The zero-order chi connectivity index (χ0) is 21.8. The van der Waals surface area contributed by atoms with Crippen molar-refractivity contribution in [3.8, 4) is 11.3 Å². The average Bonchev–Trinajstić information content (AvgIpc) is 3.28.